The van der Waals surface area contributed by atoms with Gasteiger partial charge in [-0.2, -0.15) is 0 Å². The summed E-state index contributed by atoms with van der Waals surface area (Å²) in [5, 5.41) is 3.49. The Balaban J connectivity index is 2.09. The minimum Gasteiger partial charge on any atom is -0.375 e. The number of likely N-dealkylation sites (N-methyl/N-ethyl adjacent to an activating group) is 2. The highest BCUT2D eigenvalue weighted by molar-refractivity contribution is 4.80. The van der Waals surface area contributed by atoms with E-state index in [4.69, 9.17) is 4.74 Å². The van der Waals surface area contributed by atoms with Crippen molar-refractivity contribution in [2.75, 3.05) is 53.4 Å². The summed E-state index contributed by atoms with van der Waals surface area (Å²) in [6.45, 7) is 12.6. The average Bonchev–Trinajstić information content (AvgIpc) is 2.21. The Kier molecular flexibility index (Phi) is 5.86. The van der Waals surface area contributed by atoms with Crippen molar-refractivity contribution >= 4 is 0 Å². The molecule has 0 saturated carbocycles. The molecule has 1 atom stereocenters. The van der Waals surface area contributed by atoms with Crippen LogP contribution in [-0.2, 0) is 4.74 Å². The van der Waals surface area contributed by atoms with Crippen molar-refractivity contribution in [3.05, 3.63) is 0 Å². The second-order valence-corrected chi connectivity index (χ2v) is 6.06. The molecular weight excluding hydrogens is 214 g/mol. The molecule has 1 aliphatic heterocycles. The van der Waals surface area contributed by atoms with Crippen LogP contribution in [0.5, 0.6) is 0 Å². The number of hydrogen-bond donors (Lipinski definition) is 1. The summed E-state index contributed by atoms with van der Waals surface area (Å²) in [5.74, 6) is 0. The van der Waals surface area contributed by atoms with Crippen LogP contribution >= 0.6 is 0 Å². The maximum atomic E-state index is 5.68. The van der Waals surface area contributed by atoms with E-state index >= 15 is 0 Å². The third-order valence-electron chi connectivity index (χ3n) is 3.17. The van der Waals surface area contributed by atoms with Crippen molar-refractivity contribution in [2.24, 2.45) is 0 Å². The number of nitrogens with zero attached hydrogens (tertiary/aromatic N) is 2. The van der Waals surface area contributed by atoms with Crippen LogP contribution in [0, 0.1) is 0 Å². The molecule has 0 aromatic heterocycles. The number of nitrogens with one attached hydrogen (secondary N) is 1. The average molecular weight is 243 g/mol. The maximum Gasteiger partial charge on any atom is 0.0599 e. The molecule has 0 radical (unpaired) electrons. The van der Waals surface area contributed by atoms with Crippen LogP contribution in [0.4, 0.5) is 0 Å². The van der Waals surface area contributed by atoms with E-state index in [1.165, 1.54) is 13.1 Å². The van der Waals surface area contributed by atoms with Crippen molar-refractivity contribution in [3.8, 4) is 0 Å². The molecule has 1 N–H and O–H groups in total. The number of piperazine rings is 1. The van der Waals surface area contributed by atoms with E-state index in [1.54, 1.807) is 0 Å². The fourth-order valence-corrected chi connectivity index (χ4v) is 2.02. The van der Waals surface area contributed by atoms with E-state index in [0.29, 0.717) is 6.04 Å². The molecule has 1 heterocycles. The highest BCUT2D eigenvalue weighted by atomic mass is 16.5. The van der Waals surface area contributed by atoms with Gasteiger partial charge in [0.25, 0.3) is 0 Å². The first kappa shape index (κ1) is 14.9. The van der Waals surface area contributed by atoms with Crippen LogP contribution in [0.1, 0.15) is 20.8 Å². The van der Waals surface area contributed by atoms with E-state index in [1.807, 2.05) is 0 Å². The smallest absolute Gasteiger partial charge is 0.0599 e. The lowest BCUT2D eigenvalue weighted by molar-refractivity contribution is -0.00161. The van der Waals surface area contributed by atoms with Gasteiger partial charge in [0.1, 0.15) is 0 Å². The number of ether oxygens (including phenoxy) is 1. The van der Waals surface area contributed by atoms with E-state index in [2.05, 4.69) is 50.0 Å². The summed E-state index contributed by atoms with van der Waals surface area (Å²) in [6.07, 6.45) is 0. The molecule has 1 unspecified atom stereocenters. The third-order valence-corrected chi connectivity index (χ3v) is 3.17. The van der Waals surface area contributed by atoms with Gasteiger partial charge in [-0.05, 0) is 34.9 Å². The molecule has 1 aliphatic rings. The third kappa shape index (κ3) is 6.36. The van der Waals surface area contributed by atoms with Gasteiger partial charge in [0.05, 0.1) is 12.2 Å². The Morgan fingerprint density at radius 2 is 1.94 bits per heavy atom. The first-order valence-corrected chi connectivity index (χ1v) is 6.62. The second kappa shape index (κ2) is 6.69. The summed E-state index contributed by atoms with van der Waals surface area (Å²) < 4.78 is 5.68. The van der Waals surface area contributed by atoms with Gasteiger partial charge in [-0.15, -0.1) is 0 Å². The van der Waals surface area contributed by atoms with Gasteiger partial charge in [0, 0.05) is 38.8 Å². The van der Waals surface area contributed by atoms with Crippen LogP contribution in [0.3, 0.4) is 0 Å². The van der Waals surface area contributed by atoms with Crippen LogP contribution in [0.25, 0.3) is 0 Å². The van der Waals surface area contributed by atoms with Crippen molar-refractivity contribution < 1.29 is 4.74 Å². The summed E-state index contributed by atoms with van der Waals surface area (Å²) in [4.78, 5) is 4.84. The van der Waals surface area contributed by atoms with Crippen molar-refractivity contribution in [1.29, 1.82) is 0 Å². The minimum absolute atomic E-state index is 0.0243. The predicted octanol–water partition coefficient (Wildman–Crippen LogP) is 0.637. The van der Waals surface area contributed by atoms with Gasteiger partial charge < -0.3 is 15.0 Å². The quantitative estimate of drug-likeness (QED) is 0.717. The molecule has 0 aliphatic carbocycles. The van der Waals surface area contributed by atoms with Crippen LogP contribution in [-0.4, -0.2) is 74.9 Å². The molecule has 4 heteroatoms. The Bertz CT molecular complexity index is 215. The molecule has 1 saturated heterocycles. The normalized spacial score (nSPS) is 24.2. The highest BCUT2D eigenvalue weighted by Gasteiger charge is 2.21. The van der Waals surface area contributed by atoms with Crippen LogP contribution < -0.4 is 5.32 Å². The van der Waals surface area contributed by atoms with Gasteiger partial charge in [-0.25, -0.2) is 0 Å². The molecular formula is C13H29N3O. The molecule has 102 valence electrons. The summed E-state index contributed by atoms with van der Waals surface area (Å²) in [5.41, 5.74) is -0.0243. The zero-order valence-electron chi connectivity index (χ0n) is 12.1. The zero-order valence-corrected chi connectivity index (χ0v) is 12.1. The largest absolute Gasteiger partial charge is 0.375 e. The second-order valence-electron chi connectivity index (χ2n) is 6.06. The molecule has 4 nitrogen and oxygen atoms in total. The molecule has 17 heavy (non-hydrogen) atoms. The van der Waals surface area contributed by atoms with E-state index < -0.39 is 0 Å². The van der Waals surface area contributed by atoms with Gasteiger partial charge in [-0.3, -0.25) is 4.90 Å². The van der Waals surface area contributed by atoms with Crippen LogP contribution in [0.2, 0.25) is 0 Å². The monoisotopic (exact) mass is 243 g/mol. The highest BCUT2D eigenvalue weighted by Crippen LogP contribution is 2.06. The zero-order chi connectivity index (χ0) is 12.9. The Hall–Kier alpha value is -0.160. The topological polar surface area (TPSA) is 27.7 Å². The molecule has 1 rings (SSSR count). The summed E-state index contributed by atoms with van der Waals surface area (Å²) in [6, 6.07) is 0.628. The van der Waals surface area contributed by atoms with E-state index in [0.717, 1.165) is 26.2 Å². The Morgan fingerprint density at radius 1 is 1.24 bits per heavy atom. The Morgan fingerprint density at radius 3 is 2.59 bits per heavy atom. The van der Waals surface area contributed by atoms with Gasteiger partial charge >= 0.3 is 0 Å². The van der Waals surface area contributed by atoms with Crippen molar-refractivity contribution in [1.82, 2.24) is 15.1 Å². The fraction of sp³-hybridized carbons (Fsp3) is 1.00. The van der Waals surface area contributed by atoms with Crippen molar-refractivity contribution in [2.45, 2.75) is 32.4 Å². The number of rotatable bonds is 5. The lowest BCUT2D eigenvalue weighted by Gasteiger charge is -2.37. The molecule has 1 fully saturated rings. The van der Waals surface area contributed by atoms with E-state index in [-0.39, 0.29) is 5.60 Å². The molecule has 0 spiro atoms. The van der Waals surface area contributed by atoms with Crippen LogP contribution in [0.15, 0.2) is 0 Å². The summed E-state index contributed by atoms with van der Waals surface area (Å²) >= 11 is 0. The first-order valence-electron chi connectivity index (χ1n) is 6.62. The van der Waals surface area contributed by atoms with E-state index in [9.17, 15) is 0 Å². The molecule has 0 amide bonds. The molecule has 0 aromatic carbocycles. The van der Waals surface area contributed by atoms with Gasteiger partial charge in [-0.1, -0.05) is 0 Å². The Labute approximate surface area is 106 Å². The maximum absolute atomic E-state index is 5.68. The fourth-order valence-electron chi connectivity index (χ4n) is 2.02. The molecule has 0 aromatic rings. The van der Waals surface area contributed by atoms with Gasteiger partial charge in [0.15, 0.2) is 0 Å². The minimum atomic E-state index is -0.0243. The number of hydrogen-bond acceptors (Lipinski definition) is 4. The summed E-state index contributed by atoms with van der Waals surface area (Å²) in [7, 11) is 4.41. The van der Waals surface area contributed by atoms with Gasteiger partial charge in [0.2, 0.25) is 0 Å². The van der Waals surface area contributed by atoms with Crippen molar-refractivity contribution in [3.63, 3.8) is 0 Å². The standard InChI is InChI=1S/C13H29N3O/c1-13(2,3)17-9-6-14-10-12-11-15(4)7-8-16(12)5/h12,14H,6-11H2,1-5H3. The lowest BCUT2D eigenvalue weighted by Crippen LogP contribution is -2.54. The SMILES string of the molecule is CN1CCN(C)C(CNCCOC(C)(C)C)C1. The molecule has 0 bridgehead atoms. The predicted molar refractivity (Wildman–Crippen MR) is 72.5 cm³/mol. The lowest BCUT2D eigenvalue weighted by atomic mass is 10.2. The first-order chi connectivity index (χ1) is 7.88.